The zero-order valence-corrected chi connectivity index (χ0v) is 13.0. The first-order valence-electron chi connectivity index (χ1n) is 6.08. The standard InChI is InChI=1S/C13H12N2O4S2/c1-18-6-3-8(19-2)10-9(4-6)21-12(15-10)11-14-7(5-20-11)13(16)17/h3-4,7H,5H2,1-2H3,(H,16,17)/t7-/m1/s1. The molecule has 1 aliphatic rings. The van der Waals surface area contributed by atoms with E-state index in [-0.39, 0.29) is 0 Å². The van der Waals surface area contributed by atoms with Crippen molar-refractivity contribution in [3.63, 3.8) is 0 Å². The average molecular weight is 324 g/mol. The fraction of sp³-hybridized carbons (Fsp3) is 0.308. The van der Waals surface area contributed by atoms with Crippen LogP contribution in [0.15, 0.2) is 17.1 Å². The Labute approximate surface area is 128 Å². The molecule has 0 unspecified atom stereocenters. The van der Waals surface area contributed by atoms with Crippen LogP contribution in [-0.4, -0.2) is 47.1 Å². The van der Waals surface area contributed by atoms with Crippen molar-refractivity contribution >= 4 is 44.3 Å². The first-order chi connectivity index (χ1) is 10.1. The number of carbonyl (C=O) groups is 1. The molecule has 2 aromatic rings. The molecule has 0 bridgehead atoms. The smallest absolute Gasteiger partial charge is 0.329 e. The van der Waals surface area contributed by atoms with Crippen molar-refractivity contribution in [2.45, 2.75) is 6.04 Å². The van der Waals surface area contributed by atoms with E-state index in [1.165, 1.54) is 23.1 Å². The number of aromatic nitrogens is 1. The van der Waals surface area contributed by atoms with Gasteiger partial charge in [0, 0.05) is 11.8 Å². The molecule has 0 radical (unpaired) electrons. The molecule has 0 fully saturated rings. The summed E-state index contributed by atoms with van der Waals surface area (Å²) < 4.78 is 11.5. The van der Waals surface area contributed by atoms with E-state index in [4.69, 9.17) is 14.6 Å². The Kier molecular flexibility index (Phi) is 3.73. The van der Waals surface area contributed by atoms with Crippen LogP contribution >= 0.6 is 23.1 Å². The second-order valence-electron chi connectivity index (χ2n) is 4.29. The van der Waals surface area contributed by atoms with E-state index in [0.29, 0.717) is 27.3 Å². The molecular formula is C13H12N2O4S2. The Morgan fingerprint density at radius 3 is 2.81 bits per heavy atom. The highest BCUT2D eigenvalue weighted by Gasteiger charge is 2.27. The molecule has 2 heterocycles. The molecule has 6 nitrogen and oxygen atoms in total. The summed E-state index contributed by atoms with van der Waals surface area (Å²) in [4.78, 5) is 19.7. The van der Waals surface area contributed by atoms with Crippen LogP contribution in [0.2, 0.25) is 0 Å². The Morgan fingerprint density at radius 1 is 1.38 bits per heavy atom. The number of carboxylic acid groups (broad SMARTS) is 1. The molecule has 0 saturated heterocycles. The molecular weight excluding hydrogens is 312 g/mol. The molecule has 0 aliphatic carbocycles. The van der Waals surface area contributed by atoms with Crippen LogP contribution < -0.4 is 9.47 Å². The summed E-state index contributed by atoms with van der Waals surface area (Å²) in [5.41, 5.74) is 0.736. The van der Waals surface area contributed by atoms with Crippen molar-refractivity contribution < 1.29 is 19.4 Å². The number of ether oxygens (including phenoxy) is 2. The molecule has 8 heteroatoms. The number of carboxylic acids is 1. The minimum absolute atomic E-state index is 0.445. The Morgan fingerprint density at radius 2 is 2.19 bits per heavy atom. The lowest BCUT2D eigenvalue weighted by molar-refractivity contribution is -0.137. The third kappa shape index (κ3) is 2.56. The summed E-state index contributed by atoms with van der Waals surface area (Å²) in [6.45, 7) is 0. The predicted molar refractivity (Wildman–Crippen MR) is 83.1 cm³/mol. The van der Waals surface area contributed by atoms with Crippen LogP contribution in [0.4, 0.5) is 0 Å². The number of benzene rings is 1. The quantitative estimate of drug-likeness (QED) is 0.929. The highest BCUT2D eigenvalue weighted by atomic mass is 32.2. The number of aliphatic imine (C=N–C) groups is 1. The summed E-state index contributed by atoms with van der Waals surface area (Å²) in [7, 11) is 3.17. The van der Waals surface area contributed by atoms with Gasteiger partial charge in [-0.15, -0.1) is 23.1 Å². The topological polar surface area (TPSA) is 81.0 Å². The largest absolute Gasteiger partial charge is 0.497 e. The van der Waals surface area contributed by atoms with Gasteiger partial charge in [-0.3, -0.25) is 4.99 Å². The van der Waals surface area contributed by atoms with Crippen molar-refractivity contribution in [1.82, 2.24) is 4.98 Å². The molecule has 3 rings (SSSR count). The Hall–Kier alpha value is -1.80. The fourth-order valence-electron chi connectivity index (χ4n) is 1.96. The van der Waals surface area contributed by atoms with E-state index < -0.39 is 12.0 Å². The van der Waals surface area contributed by atoms with E-state index in [1.807, 2.05) is 6.07 Å². The second-order valence-corrected chi connectivity index (χ2v) is 6.33. The number of rotatable bonds is 4. The number of fused-ring (bicyclic) bond motifs is 1. The lowest BCUT2D eigenvalue weighted by Crippen LogP contribution is -2.17. The zero-order chi connectivity index (χ0) is 15.0. The average Bonchev–Trinajstić information content (AvgIpc) is 3.12. The van der Waals surface area contributed by atoms with Gasteiger partial charge in [-0.25, -0.2) is 9.78 Å². The third-order valence-corrected chi connectivity index (χ3v) is 5.20. The Bertz CT molecular complexity index is 741. The van der Waals surface area contributed by atoms with Gasteiger partial charge in [0.15, 0.2) is 6.04 Å². The van der Waals surface area contributed by atoms with Gasteiger partial charge < -0.3 is 14.6 Å². The number of thioether (sulfide) groups is 1. The van der Waals surface area contributed by atoms with Crippen LogP contribution in [0.25, 0.3) is 10.2 Å². The van der Waals surface area contributed by atoms with Crippen LogP contribution in [0.3, 0.4) is 0 Å². The molecule has 1 aromatic heterocycles. The summed E-state index contributed by atoms with van der Waals surface area (Å²) in [6.07, 6.45) is 0. The summed E-state index contributed by atoms with van der Waals surface area (Å²) >= 11 is 2.87. The fourth-order valence-corrected chi connectivity index (χ4v) is 4.07. The first-order valence-corrected chi connectivity index (χ1v) is 7.89. The maximum atomic E-state index is 11.0. The zero-order valence-electron chi connectivity index (χ0n) is 11.3. The van der Waals surface area contributed by atoms with Gasteiger partial charge in [-0.05, 0) is 6.07 Å². The van der Waals surface area contributed by atoms with Gasteiger partial charge >= 0.3 is 5.97 Å². The maximum Gasteiger partial charge on any atom is 0.329 e. The lowest BCUT2D eigenvalue weighted by atomic mass is 10.3. The molecule has 1 N–H and O–H groups in total. The molecule has 0 amide bonds. The summed E-state index contributed by atoms with van der Waals surface area (Å²) in [5, 5.41) is 10.4. The summed E-state index contributed by atoms with van der Waals surface area (Å²) in [5.74, 6) is 0.864. The van der Waals surface area contributed by atoms with Gasteiger partial charge in [-0.2, -0.15) is 0 Å². The molecule has 110 valence electrons. The number of nitrogens with zero attached hydrogens (tertiary/aromatic N) is 2. The van der Waals surface area contributed by atoms with Crippen molar-refractivity contribution in [1.29, 1.82) is 0 Å². The minimum atomic E-state index is -0.905. The monoisotopic (exact) mass is 324 g/mol. The number of hydrogen-bond donors (Lipinski definition) is 1. The molecule has 1 atom stereocenters. The highest BCUT2D eigenvalue weighted by molar-refractivity contribution is 8.15. The van der Waals surface area contributed by atoms with Crippen molar-refractivity contribution in [3.8, 4) is 11.5 Å². The van der Waals surface area contributed by atoms with Gasteiger partial charge in [0.05, 0.1) is 18.9 Å². The maximum absolute atomic E-state index is 11.0. The molecule has 21 heavy (non-hydrogen) atoms. The van der Waals surface area contributed by atoms with E-state index >= 15 is 0 Å². The van der Waals surface area contributed by atoms with Crippen molar-refractivity contribution in [2.75, 3.05) is 20.0 Å². The van der Waals surface area contributed by atoms with Gasteiger partial charge in [-0.1, -0.05) is 0 Å². The van der Waals surface area contributed by atoms with Crippen molar-refractivity contribution in [2.24, 2.45) is 4.99 Å². The number of methoxy groups -OCH3 is 2. The second kappa shape index (κ2) is 5.53. The predicted octanol–water partition coefficient (Wildman–Crippen LogP) is 2.26. The molecule has 0 spiro atoms. The Balaban J connectivity index is 2.05. The van der Waals surface area contributed by atoms with Crippen molar-refractivity contribution in [3.05, 3.63) is 17.1 Å². The van der Waals surface area contributed by atoms with Gasteiger partial charge in [0.2, 0.25) is 0 Å². The number of hydrogen-bond acceptors (Lipinski definition) is 7. The molecule has 0 saturated carbocycles. The third-order valence-electron chi connectivity index (χ3n) is 3.01. The van der Waals surface area contributed by atoms with Crippen LogP contribution in [0, 0.1) is 0 Å². The SMILES string of the molecule is COc1cc(OC)c2nc(C3=N[C@@H](C(=O)O)CS3)sc2c1. The van der Waals surface area contributed by atoms with Crippen LogP contribution in [0.1, 0.15) is 5.01 Å². The van der Waals surface area contributed by atoms with Crippen LogP contribution in [-0.2, 0) is 4.79 Å². The molecule has 1 aromatic carbocycles. The van der Waals surface area contributed by atoms with Gasteiger partial charge in [0.1, 0.15) is 27.1 Å². The van der Waals surface area contributed by atoms with Crippen LogP contribution in [0.5, 0.6) is 11.5 Å². The first kappa shape index (κ1) is 14.2. The number of aliphatic carboxylic acids is 1. The van der Waals surface area contributed by atoms with E-state index in [2.05, 4.69) is 9.98 Å². The minimum Gasteiger partial charge on any atom is -0.497 e. The van der Waals surface area contributed by atoms with E-state index in [0.717, 1.165) is 10.2 Å². The summed E-state index contributed by atoms with van der Waals surface area (Å²) in [6, 6.07) is 2.97. The van der Waals surface area contributed by atoms with E-state index in [9.17, 15) is 4.79 Å². The van der Waals surface area contributed by atoms with Gasteiger partial charge in [0.25, 0.3) is 0 Å². The number of thiazole rings is 1. The van der Waals surface area contributed by atoms with E-state index in [1.54, 1.807) is 20.3 Å². The lowest BCUT2D eigenvalue weighted by Gasteiger charge is -2.03. The molecule has 1 aliphatic heterocycles. The highest BCUT2D eigenvalue weighted by Crippen LogP contribution is 2.36. The normalized spacial score (nSPS) is 17.8.